The second kappa shape index (κ2) is 8.42. The maximum absolute atomic E-state index is 13.2. The highest BCUT2D eigenvalue weighted by Crippen LogP contribution is 2.37. The molecule has 12 heteroatoms. The van der Waals surface area contributed by atoms with Crippen molar-refractivity contribution >= 4 is 29.0 Å². The van der Waals surface area contributed by atoms with Crippen LogP contribution in [0.2, 0.25) is 0 Å². The predicted molar refractivity (Wildman–Crippen MR) is 97.0 cm³/mol. The van der Waals surface area contributed by atoms with Gasteiger partial charge in [-0.25, -0.2) is 0 Å². The average molecular weight is 415 g/mol. The van der Waals surface area contributed by atoms with Crippen molar-refractivity contribution in [1.29, 1.82) is 0 Å². The second-order valence-electron chi connectivity index (χ2n) is 5.66. The van der Waals surface area contributed by atoms with E-state index >= 15 is 0 Å². The van der Waals surface area contributed by atoms with E-state index in [1.807, 2.05) is 0 Å². The summed E-state index contributed by atoms with van der Waals surface area (Å²) in [7, 11) is 0. The first-order valence-corrected chi connectivity index (χ1v) is 8.76. The molecule has 1 atom stereocenters. The number of aromatic nitrogens is 3. The number of nitro benzene ring substituents is 1. The van der Waals surface area contributed by atoms with Crippen LogP contribution in [0.15, 0.2) is 36.0 Å². The number of benzene rings is 1. The lowest BCUT2D eigenvalue weighted by Gasteiger charge is -2.16. The minimum atomic E-state index is -4.87. The van der Waals surface area contributed by atoms with E-state index in [0.29, 0.717) is 23.6 Å². The molecule has 0 radical (unpaired) electrons. The molecule has 0 aliphatic heterocycles. The summed E-state index contributed by atoms with van der Waals surface area (Å²) in [6, 6.07) is 2.14. The van der Waals surface area contributed by atoms with Crippen molar-refractivity contribution in [3.63, 3.8) is 0 Å². The standard InChI is InChI=1S/C16H16F3N5O3S/c1-4-7-23-10(3)21-22-15(23)28-9(2)14(25)20-13-6-5-11(24(26)27)8-12(13)16(17,18)19/h4-6,8-9H,1,7H2,2-3H3,(H,20,25). The van der Waals surface area contributed by atoms with Crippen molar-refractivity contribution < 1.29 is 22.9 Å². The molecule has 1 unspecified atom stereocenters. The van der Waals surface area contributed by atoms with Crippen molar-refractivity contribution in [2.45, 2.75) is 37.0 Å². The van der Waals surface area contributed by atoms with Crippen LogP contribution < -0.4 is 5.32 Å². The third kappa shape index (κ3) is 4.88. The Morgan fingerprint density at radius 1 is 1.46 bits per heavy atom. The molecule has 0 aliphatic rings. The minimum absolute atomic E-state index is 0.386. The number of nitro groups is 1. The van der Waals surface area contributed by atoms with Gasteiger partial charge in [-0.2, -0.15) is 13.2 Å². The van der Waals surface area contributed by atoms with Crippen LogP contribution in [0.1, 0.15) is 18.3 Å². The summed E-state index contributed by atoms with van der Waals surface area (Å²) < 4.78 is 41.4. The van der Waals surface area contributed by atoms with Gasteiger partial charge in [0.25, 0.3) is 5.69 Å². The van der Waals surface area contributed by atoms with Crippen molar-refractivity contribution in [2.75, 3.05) is 5.32 Å². The van der Waals surface area contributed by atoms with Crippen LogP contribution in [-0.4, -0.2) is 30.8 Å². The van der Waals surface area contributed by atoms with Crippen LogP contribution in [0.25, 0.3) is 0 Å². The SMILES string of the molecule is C=CCn1c(C)nnc1SC(C)C(=O)Nc1ccc([N+](=O)[O-])cc1C(F)(F)F. The molecule has 1 heterocycles. The zero-order chi connectivity index (χ0) is 21.1. The van der Waals surface area contributed by atoms with Gasteiger partial charge < -0.3 is 9.88 Å². The van der Waals surface area contributed by atoms with Crippen LogP contribution in [0.5, 0.6) is 0 Å². The third-order valence-electron chi connectivity index (χ3n) is 3.64. The molecule has 8 nitrogen and oxygen atoms in total. The van der Waals surface area contributed by atoms with Crippen molar-refractivity contribution in [3.05, 3.63) is 52.4 Å². The Kier molecular flexibility index (Phi) is 6.44. The quantitative estimate of drug-likeness (QED) is 0.319. The Morgan fingerprint density at radius 2 is 2.14 bits per heavy atom. The molecule has 150 valence electrons. The maximum atomic E-state index is 13.2. The molecule has 0 aliphatic carbocycles. The van der Waals surface area contributed by atoms with Gasteiger partial charge >= 0.3 is 6.18 Å². The van der Waals surface area contributed by atoms with Gasteiger partial charge in [0.2, 0.25) is 5.91 Å². The van der Waals surface area contributed by atoms with Gasteiger partial charge in [0, 0.05) is 18.7 Å². The van der Waals surface area contributed by atoms with Gasteiger partial charge in [0.1, 0.15) is 5.82 Å². The molecular weight excluding hydrogens is 399 g/mol. The summed E-state index contributed by atoms with van der Waals surface area (Å²) in [6.07, 6.45) is -3.25. The van der Waals surface area contributed by atoms with E-state index in [-0.39, 0.29) is 0 Å². The van der Waals surface area contributed by atoms with E-state index in [2.05, 4.69) is 22.1 Å². The van der Waals surface area contributed by atoms with Crippen molar-refractivity contribution in [3.8, 4) is 0 Å². The van der Waals surface area contributed by atoms with E-state index in [1.165, 1.54) is 6.92 Å². The molecule has 1 N–H and O–H groups in total. The number of anilines is 1. The number of carbonyl (C=O) groups is 1. The van der Waals surface area contributed by atoms with Gasteiger partial charge in [-0.15, -0.1) is 16.8 Å². The summed E-state index contributed by atoms with van der Waals surface area (Å²) >= 11 is 1.02. The number of non-ortho nitro benzene ring substituents is 1. The summed E-state index contributed by atoms with van der Waals surface area (Å²) in [5.74, 6) is -0.111. The van der Waals surface area contributed by atoms with Gasteiger partial charge in [0.05, 0.1) is 21.4 Å². The van der Waals surface area contributed by atoms with Gasteiger partial charge in [-0.1, -0.05) is 17.8 Å². The topological polar surface area (TPSA) is 103 Å². The first-order chi connectivity index (χ1) is 13.0. The minimum Gasteiger partial charge on any atom is -0.325 e. The average Bonchev–Trinajstić information content (AvgIpc) is 2.94. The molecule has 0 bridgehead atoms. The number of amides is 1. The van der Waals surface area contributed by atoms with Crippen LogP contribution >= 0.6 is 11.8 Å². The normalized spacial score (nSPS) is 12.5. The van der Waals surface area contributed by atoms with E-state index in [4.69, 9.17) is 0 Å². The number of hydrogen-bond acceptors (Lipinski definition) is 6. The molecule has 1 aromatic heterocycles. The Labute approximate surface area is 162 Å². The number of nitrogens with zero attached hydrogens (tertiary/aromatic N) is 4. The Hall–Kier alpha value is -2.89. The fourth-order valence-electron chi connectivity index (χ4n) is 2.22. The molecule has 2 aromatic rings. The Morgan fingerprint density at radius 3 is 2.71 bits per heavy atom. The highest BCUT2D eigenvalue weighted by molar-refractivity contribution is 8.00. The van der Waals surface area contributed by atoms with Crippen LogP contribution in [0.4, 0.5) is 24.5 Å². The molecule has 0 saturated carbocycles. The number of allylic oxidation sites excluding steroid dienone is 1. The number of rotatable bonds is 7. The van der Waals surface area contributed by atoms with Gasteiger partial charge in [0.15, 0.2) is 5.16 Å². The number of hydrogen-bond donors (Lipinski definition) is 1. The van der Waals surface area contributed by atoms with E-state index in [0.717, 1.165) is 23.9 Å². The largest absolute Gasteiger partial charge is 0.418 e. The second-order valence-corrected chi connectivity index (χ2v) is 6.97. The molecule has 0 spiro atoms. The third-order valence-corrected chi connectivity index (χ3v) is 4.72. The summed E-state index contributed by atoms with van der Waals surface area (Å²) in [4.78, 5) is 22.2. The summed E-state index contributed by atoms with van der Waals surface area (Å²) in [5.41, 5.74) is -2.57. The van der Waals surface area contributed by atoms with E-state index in [1.54, 1.807) is 17.6 Å². The zero-order valence-electron chi connectivity index (χ0n) is 14.9. The van der Waals surface area contributed by atoms with E-state index in [9.17, 15) is 28.1 Å². The number of aryl methyl sites for hydroxylation is 1. The highest BCUT2D eigenvalue weighted by atomic mass is 32.2. The number of thioether (sulfide) groups is 1. The number of carbonyl (C=O) groups excluding carboxylic acids is 1. The summed E-state index contributed by atoms with van der Waals surface area (Å²) in [5, 5.41) is 20.4. The Balaban J connectivity index is 2.22. The lowest BCUT2D eigenvalue weighted by molar-refractivity contribution is -0.385. The molecule has 0 fully saturated rings. The molecule has 0 saturated heterocycles. The fourth-order valence-corrected chi connectivity index (χ4v) is 3.13. The molecular formula is C16H16F3N5O3S. The predicted octanol–water partition coefficient (Wildman–Crippen LogP) is 3.82. The van der Waals surface area contributed by atoms with E-state index < -0.39 is 39.2 Å². The van der Waals surface area contributed by atoms with Gasteiger partial charge in [-0.3, -0.25) is 14.9 Å². The maximum Gasteiger partial charge on any atom is 0.418 e. The molecule has 1 amide bonds. The molecule has 2 rings (SSSR count). The molecule has 1 aromatic carbocycles. The first-order valence-electron chi connectivity index (χ1n) is 7.88. The van der Waals surface area contributed by atoms with Gasteiger partial charge in [-0.05, 0) is 19.9 Å². The number of alkyl halides is 3. The van der Waals surface area contributed by atoms with Crippen LogP contribution in [0, 0.1) is 17.0 Å². The lowest BCUT2D eigenvalue weighted by atomic mass is 10.1. The zero-order valence-corrected chi connectivity index (χ0v) is 15.7. The van der Waals surface area contributed by atoms with Crippen LogP contribution in [0.3, 0.4) is 0 Å². The number of halogens is 3. The first kappa shape index (κ1) is 21.4. The van der Waals surface area contributed by atoms with Crippen molar-refractivity contribution in [2.24, 2.45) is 0 Å². The number of nitrogens with one attached hydrogen (secondary N) is 1. The smallest absolute Gasteiger partial charge is 0.325 e. The monoisotopic (exact) mass is 415 g/mol. The van der Waals surface area contributed by atoms with Crippen molar-refractivity contribution in [1.82, 2.24) is 14.8 Å². The Bertz CT molecular complexity index is 913. The summed E-state index contributed by atoms with van der Waals surface area (Å²) in [6.45, 7) is 7.25. The molecule has 28 heavy (non-hydrogen) atoms. The highest BCUT2D eigenvalue weighted by Gasteiger charge is 2.36. The lowest BCUT2D eigenvalue weighted by Crippen LogP contribution is -2.24. The van der Waals surface area contributed by atoms with Crippen LogP contribution in [-0.2, 0) is 17.5 Å². The fraction of sp³-hybridized carbons (Fsp3) is 0.312.